The van der Waals surface area contributed by atoms with Gasteiger partial charge in [-0.05, 0) is 53.2 Å². The maximum atomic E-state index is 13.7. The Hall–Kier alpha value is -3.62. The number of nitrogens with one attached hydrogen (secondary N) is 1. The van der Waals surface area contributed by atoms with Crippen LogP contribution in [0.1, 0.15) is 44.1 Å². The summed E-state index contributed by atoms with van der Waals surface area (Å²) in [5.41, 5.74) is 2.31. The van der Waals surface area contributed by atoms with Crippen LogP contribution in [0.4, 0.5) is 10.1 Å². The molecule has 4 aromatic rings. The maximum Gasteiger partial charge on any atom is 0.249 e. The summed E-state index contributed by atoms with van der Waals surface area (Å²) in [6.07, 6.45) is 0.232. The van der Waals surface area contributed by atoms with Crippen LogP contribution in [0.2, 0.25) is 0 Å². The topological polar surface area (TPSA) is 98.7 Å². The van der Waals surface area contributed by atoms with Crippen LogP contribution in [0.3, 0.4) is 0 Å². The number of aromatic nitrogens is 5. The molecule has 0 radical (unpaired) electrons. The quantitative estimate of drug-likeness (QED) is 0.522. The Labute approximate surface area is 178 Å². The molecule has 1 atom stereocenters. The molecule has 31 heavy (non-hydrogen) atoms. The van der Waals surface area contributed by atoms with E-state index in [1.807, 2.05) is 20.8 Å². The zero-order valence-corrected chi connectivity index (χ0v) is 17.8. The second kappa shape index (κ2) is 7.90. The number of carbonyl (C=O) groups excluding carboxylic acids is 1. The minimum absolute atomic E-state index is 0.226. The van der Waals surface area contributed by atoms with E-state index >= 15 is 0 Å². The van der Waals surface area contributed by atoms with Crippen LogP contribution in [0, 0.1) is 12.7 Å². The fourth-order valence-electron chi connectivity index (χ4n) is 3.26. The van der Waals surface area contributed by atoms with E-state index in [4.69, 9.17) is 4.42 Å². The zero-order chi connectivity index (χ0) is 22.2. The average molecular weight is 422 g/mol. The molecule has 0 saturated heterocycles. The first-order chi connectivity index (χ1) is 14.7. The lowest BCUT2D eigenvalue weighted by Gasteiger charge is -2.17. The maximum absolute atomic E-state index is 13.7. The molecule has 2 aromatic carbocycles. The first-order valence-electron chi connectivity index (χ1n) is 9.91. The highest BCUT2D eigenvalue weighted by atomic mass is 19.1. The van der Waals surface area contributed by atoms with Gasteiger partial charge in [-0.2, -0.15) is 0 Å². The highest BCUT2D eigenvalue weighted by Gasteiger charge is 2.25. The molecule has 0 fully saturated rings. The summed E-state index contributed by atoms with van der Waals surface area (Å²) in [6, 6.07) is 10.7. The van der Waals surface area contributed by atoms with E-state index < -0.39 is 6.04 Å². The molecule has 0 spiro atoms. The largest absolute Gasteiger partial charge is 0.440 e. The molecule has 0 bridgehead atoms. The second-order valence-electron chi connectivity index (χ2n) is 8.46. The number of hydrogen-bond donors (Lipinski definition) is 1. The van der Waals surface area contributed by atoms with Crippen molar-refractivity contribution in [2.75, 3.05) is 5.32 Å². The lowest BCUT2D eigenvalue weighted by atomic mass is 9.97. The Bertz CT molecular complexity index is 1240. The molecule has 1 amide bonds. The molecule has 0 saturated carbocycles. The van der Waals surface area contributed by atoms with Gasteiger partial charge in [0, 0.05) is 17.5 Å². The van der Waals surface area contributed by atoms with Gasteiger partial charge in [-0.1, -0.05) is 32.9 Å². The average Bonchev–Trinajstić information content (AvgIpc) is 3.31. The third-order valence-corrected chi connectivity index (χ3v) is 4.87. The molecule has 1 unspecified atom stereocenters. The molecule has 160 valence electrons. The Balaban J connectivity index is 1.62. The van der Waals surface area contributed by atoms with Gasteiger partial charge >= 0.3 is 0 Å². The van der Waals surface area contributed by atoms with Gasteiger partial charge in [-0.15, -0.1) is 5.10 Å². The number of nitrogens with zero attached hydrogens (tertiary/aromatic N) is 5. The SMILES string of the molecule is Cc1nnnn1C(Cc1cccc(F)c1)C(=O)Nc1ccc2oc(C(C)(C)C)nc2c1. The van der Waals surface area contributed by atoms with Gasteiger partial charge in [0.15, 0.2) is 5.58 Å². The predicted molar refractivity (Wildman–Crippen MR) is 113 cm³/mol. The van der Waals surface area contributed by atoms with Gasteiger partial charge in [0.25, 0.3) is 0 Å². The van der Waals surface area contributed by atoms with Crippen LogP contribution in [0.15, 0.2) is 46.9 Å². The first-order valence-corrected chi connectivity index (χ1v) is 9.91. The molecule has 2 heterocycles. The normalized spacial score (nSPS) is 12.8. The number of aryl methyl sites for hydroxylation is 1. The number of tetrazole rings is 1. The predicted octanol–water partition coefficient (Wildman–Crippen LogP) is 3.98. The minimum Gasteiger partial charge on any atom is -0.440 e. The number of hydrogen-bond acceptors (Lipinski definition) is 6. The van der Waals surface area contributed by atoms with Crippen molar-refractivity contribution in [3.8, 4) is 0 Å². The molecule has 1 N–H and O–H groups in total. The molecule has 4 rings (SSSR count). The minimum atomic E-state index is -0.755. The highest BCUT2D eigenvalue weighted by molar-refractivity contribution is 5.95. The number of halogens is 1. The number of amides is 1. The van der Waals surface area contributed by atoms with Crippen molar-refractivity contribution in [2.45, 2.75) is 45.6 Å². The van der Waals surface area contributed by atoms with Crippen molar-refractivity contribution in [2.24, 2.45) is 0 Å². The van der Waals surface area contributed by atoms with Crippen molar-refractivity contribution < 1.29 is 13.6 Å². The van der Waals surface area contributed by atoms with Crippen LogP contribution in [-0.2, 0) is 16.6 Å². The number of rotatable bonds is 5. The second-order valence-corrected chi connectivity index (χ2v) is 8.46. The number of anilines is 1. The van der Waals surface area contributed by atoms with Crippen LogP contribution < -0.4 is 5.32 Å². The Kier molecular flexibility index (Phi) is 5.26. The Morgan fingerprint density at radius 3 is 2.71 bits per heavy atom. The van der Waals surface area contributed by atoms with E-state index in [9.17, 15) is 9.18 Å². The molecule has 8 nitrogen and oxygen atoms in total. The van der Waals surface area contributed by atoms with E-state index in [0.717, 1.165) is 0 Å². The fraction of sp³-hybridized carbons (Fsp3) is 0.318. The zero-order valence-electron chi connectivity index (χ0n) is 17.8. The van der Waals surface area contributed by atoms with E-state index in [1.165, 1.54) is 16.8 Å². The summed E-state index contributed by atoms with van der Waals surface area (Å²) in [6.45, 7) is 7.77. The third kappa shape index (κ3) is 4.45. The summed E-state index contributed by atoms with van der Waals surface area (Å²) in [4.78, 5) is 17.7. The van der Waals surface area contributed by atoms with Gasteiger partial charge < -0.3 is 9.73 Å². The van der Waals surface area contributed by atoms with Gasteiger partial charge in [-0.3, -0.25) is 4.79 Å². The molecular formula is C22H23FN6O2. The third-order valence-electron chi connectivity index (χ3n) is 4.87. The molecular weight excluding hydrogens is 399 g/mol. The molecule has 2 aromatic heterocycles. The number of carbonyl (C=O) groups is 1. The summed E-state index contributed by atoms with van der Waals surface area (Å²) in [5, 5.41) is 14.4. The van der Waals surface area contributed by atoms with Crippen LogP contribution in [-0.4, -0.2) is 31.1 Å². The Morgan fingerprint density at radius 2 is 2.03 bits per heavy atom. The highest BCUT2D eigenvalue weighted by Crippen LogP contribution is 2.28. The smallest absolute Gasteiger partial charge is 0.249 e. The monoisotopic (exact) mass is 422 g/mol. The van der Waals surface area contributed by atoms with Crippen LogP contribution in [0.25, 0.3) is 11.1 Å². The van der Waals surface area contributed by atoms with Crippen LogP contribution in [0.5, 0.6) is 0 Å². The van der Waals surface area contributed by atoms with Gasteiger partial charge in [0.05, 0.1) is 0 Å². The molecule has 9 heteroatoms. The van der Waals surface area contributed by atoms with Gasteiger partial charge in [0.2, 0.25) is 11.8 Å². The standard InChI is InChI=1S/C22H23FN6O2/c1-13-26-27-28-29(13)18(11-14-6-5-7-15(23)10-14)20(30)24-16-8-9-19-17(12-16)25-21(31-19)22(2,3)4/h5-10,12,18H,11H2,1-4H3,(H,24,30). The molecule has 0 aliphatic carbocycles. The van der Waals surface area contributed by atoms with E-state index in [2.05, 4.69) is 25.8 Å². The van der Waals surface area contributed by atoms with E-state index in [-0.39, 0.29) is 23.6 Å². The lowest BCUT2D eigenvalue weighted by Crippen LogP contribution is -2.29. The molecule has 0 aliphatic heterocycles. The number of fused-ring (bicyclic) bond motifs is 1. The summed E-state index contributed by atoms with van der Waals surface area (Å²) >= 11 is 0. The van der Waals surface area contributed by atoms with Crippen molar-refractivity contribution in [1.82, 2.24) is 25.2 Å². The van der Waals surface area contributed by atoms with Crippen molar-refractivity contribution in [3.63, 3.8) is 0 Å². The fourth-order valence-corrected chi connectivity index (χ4v) is 3.26. The van der Waals surface area contributed by atoms with Crippen molar-refractivity contribution in [1.29, 1.82) is 0 Å². The molecule has 0 aliphatic rings. The number of oxazole rings is 1. The number of benzene rings is 2. The summed E-state index contributed by atoms with van der Waals surface area (Å²) < 4.78 is 20.9. The van der Waals surface area contributed by atoms with E-state index in [0.29, 0.717) is 34.1 Å². The summed E-state index contributed by atoms with van der Waals surface area (Å²) in [7, 11) is 0. The van der Waals surface area contributed by atoms with Gasteiger partial charge in [0.1, 0.15) is 23.2 Å². The summed E-state index contributed by atoms with van der Waals surface area (Å²) in [5.74, 6) is 0.424. The lowest BCUT2D eigenvalue weighted by molar-refractivity contribution is -0.119. The van der Waals surface area contributed by atoms with Crippen molar-refractivity contribution in [3.05, 3.63) is 65.6 Å². The first kappa shape index (κ1) is 20.6. The Morgan fingerprint density at radius 1 is 1.23 bits per heavy atom. The van der Waals surface area contributed by atoms with Crippen molar-refractivity contribution >= 4 is 22.7 Å². The van der Waals surface area contributed by atoms with Gasteiger partial charge in [-0.25, -0.2) is 14.1 Å². The van der Waals surface area contributed by atoms with E-state index in [1.54, 1.807) is 37.3 Å². The van der Waals surface area contributed by atoms with Crippen LogP contribution >= 0.6 is 0 Å².